The minimum Gasteiger partial charge on any atom is -0.481 e. The van der Waals surface area contributed by atoms with E-state index in [2.05, 4.69) is 45.9 Å². The maximum atomic E-state index is 11.1. The van der Waals surface area contributed by atoms with Gasteiger partial charge in [-0.1, -0.05) is 45.9 Å². The van der Waals surface area contributed by atoms with Gasteiger partial charge in [-0.2, -0.15) is 0 Å². The molecule has 98 valence electrons. The van der Waals surface area contributed by atoms with E-state index in [-0.39, 0.29) is 17.3 Å². The lowest BCUT2D eigenvalue weighted by Crippen LogP contribution is -2.23. The van der Waals surface area contributed by atoms with Gasteiger partial charge in [0, 0.05) is 5.41 Å². The zero-order valence-electron chi connectivity index (χ0n) is 11.7. The number of carboxylic acids is 1. The van der Waals surface area contributed by atoms with Crippen molar-refractivity contribution < 1.29 is 9.90 Å². The molecule has 1 aromatic rings. The Balaban J connectivity index is 2.45. The lowest BCUT2D eigenvalue weighted by Gasteiger charge is -2.26. The van der Waals surface area contributed by atoms with Crippen molar-refractivity contribution in [2.75, 3.05) is 0 Å². The number of aryl methyl sites for hydroxylation is 1. The van der Waals surface area contributed by atoms with Crippen LogP contribution < -0.4 is 0 Å². The van der Waals surface area contributed by atoms with E-state index in [1.165, 1.54) is 16.7 Å². The Labute approximate surface area is 109 Å². The summed E-state index contributed by atoms with van der Waals surface area (Å²) in [6.45, 7) is 8.66. The van der Waals surface area contributed by atoms with Gasteiger partial charge >= 0.3 is 5.97 Å². The van der Waals surface area contributed by atoms with Crippen LogP contribution in [-0.4, -0.2) is 11.1 Å². The highest BCUT2D eigenvalue weighted by Crippen LogP contribution is 2.42. The molecule has 0 fully saturated rings. The van der Waals surface area contributed by atoms with Crippen molar-refractivity contribution in [2.45, 2.75) is 57.8 Å². The molecule has 1 aromatic carbocycles. The minimum atomic E-state index is -0.702. The summed E-state index contributed by atoms with van der Waals surface area (Å²) < 4.78 is 0. The van der Waals surface area contributed by atoms with Gasteiger partial charge in [-0.3, -0.25) is 4.79 Å². The molecule has 1 aliphatic carbocycles. The molecule has 1 unspecified atom stereocenters. The highest BCUT2D eigenvalue weighted by molar-refractivity contribution is 5.69. The smallest absolute Gasteiger partial charge is 0.304 e. The first kappa shape index (κ1) is 13.1. The Morgan fingerprint density at radius 3 is 2.61 bits per heavy atom. The Morgan fingerprint density at radius 1 is 1.39 bits per heavy atom. The number of aliphatic carboxylic acids is 1. The molecule has 2 heteroatoms. The van der Waals surface area contributed by atoms with Gasteiger partial charge < -0.3 is 5.11 Å². The van der Waals surface area contributed by atoms with Gasteiger partial charge in [0.2, 0.25) is 0 Å². The monoisotopic (exact) mass is 246 g/mol. The van der Waals surface area contributed by atoms with E-state index in [0.29, 0.717) is 0 Å². The second kappa shape index (κ2) is 4.11. The van der Waals surface area contributed by atoms with E-state index in [1.54, 1.807) is 0 Å². The van der Waals surface area contributed by atoms with Crippen molar-refractivity contribution in [2.24, 2.45) is 0 Å². The van der Waals surface area contributed by atoms with Gasteiger partial charge in [-0.15, -0.1) is 0 Å². The fourth-order valence-electron chi connectivity index (χ4n) is 2.89. The molecule has 2 rings (SSSR count). The number of benzene rings is 1. The molecule has 0 aliphatic heterocycles. The zero-order valence-corrected chi connectivity index (χ0v) is 11.7. The predicted octanol–water partition coefficient (Wildman–Crippen LogP) is 3.66. The molecule has 0 amide bonds. The largest absolute Gasteiger partial charge is 0.481 e. The second-order valence-electron chi connectivity index (χ2n) is 6.75. The summed E-state index contributed by atoms with van der Waals surface area (Å²) in [5, 5.41) is 9.09. The summed E-state index contributed by atoms with van der Waals surface area (Å²) in [4.78, 5) is 11.1. The third kappa shape index (κ3) is 2.29. The van der Waals surface area contributed by atoms with E-state index in [1.807, 2.05) is 0 Å². The molecular formula is C16H22O2. The first-order chi connectivity index (χ1) is 8.22. The maximum Gasteiger partial charge on any atom is 0.304 e. The lowest BCUT2D eigenvalue weighted by molar-refractivity contribution is -0.138. The summed E-state index contributed by atoms with van der Waals surface area (Å²) in [5.41, 5.74) is 3.79. The van der Waals surface area contributed by atoms with Crippen molar-refractivity contribution in [3.05, 3.63) is 34.9 Å². The van der Waals surface area contributed by atoms with E-state index < -0.39 is 5.97 Å². The van der Waals surface area contributed by atoms with Crippen molar-refractivity contribution in [1.82, 2.24) is 0 Å². The molecule has 1 N–H and O–H groups in total. The fraction of sp³-hybridized carbons (Fsp3) is 0.562. The average molecular weight is 246 g/mol. The van der Waals surface area contributed by atoms with Crippen molar-refractivity contribution in [3.63, 3.8) is 0 Å². The first-order valence-corrected chi connectivity index (χ1v) is 6.58. The highest BCUT2D eigenvalue weighted by Gasteiger charge is 2.36. The van der Waals surface area contributed by atoms with E-state index in [4.69, 9.17) is 5.11 Å². The summed E-state index contributed by atoms with van der Waals surface area (Å²) in [7, 11) is 0. The molecule has 0 saturated heterocycles. The Bertz CT molecular complexity index is 482. The Kier molecular flexibility index (Phi) is 3.00. The average Bonchev–Trinajstić information content (AvgIpc) is 2.54. The maximum absolute atomic E-state index is 11.1. The van der Waals surface area contributed by atoms with Gasteiger partial charge in [0.25, 0.3) is 0 Å². The van der Waals surface area contributed by atoms with Crippen LogP contribution in [0.4, 0.5) is 0 Å². The summed E-state index contributed by atoms with van der Waals surface area (Å²) in [6, 6.07) is 6.60. The molecule has 0 aromatic heterocycles. The van der Waals surface area contributed by atoms with Crippen LogP contribution in [0.2, 0.25) is 0 Å². The van der Waals surface area contributed by atoms with E-state index in [0.717, 1.165) is 12.8 Å². The first-order valence-electron chi connectivity index (χ1n) is 6.58. The van der Waals surface area contributed by atoms with Crippen LogP contribution in [0.3, 0.4) is 0 Å². The third-order valence-corrected chi connectivity index (χ3v) is 4.11. The van der Waals surface area contributed by atoms with Gasteiger partial charge in [0.1, 0.15) is 0 Å². The molecule has 0 radical (unpaired) electrons. The quantitative estimate of drug-likeness (QED) is 0.864. The molecule has 0 bridgehead atoms. The molecule has 1 aliphatic rings. The van der Waals surface area contributed by atoms with Gasteiger partial charge in [-0.05, 0) is 34.9 Å². The fourth-order valence-corrected chi connectivity index (χ4v) is 2.89. The number of fused-ring (bicyclic) bond motifs is 1. The van der Waals surface area contributed by atoms with Crippen LogP contribution in [0, 0.1) is 0 Å². The molecule has 0 spiro atoms. The molecule has 1 atom stereocenters. The van der Waals surface area contributed by atoms with Crippen LogP contribution >= 0.6 is 0 Å². The van der Waals surface area contributed by atoms with Gasteiger partial charge in [0.05, 0.1) is 6.42 Å². The van der Waals surface area contributed by atoms with Crippen molar-refractivity contribution in [3.8, 4) is 0 Å². The molecule has 2 nitrogen and oxygen atoms in total. The SMILES string of the molecule is CC(C)(C)c1ccc2c(c1)C(C)(CC(=O)O)CC2. The third-order valence-electron chi connectivity index (χ3n) is 4.11. The second-order valence-corrected chi connectivity index (χ2v) is 6.75. The van der Waals surface area contributed by atoms with Crippen LogP contribution in [0.5, 0.6) is 0 Å². The predicted molar refractivity (Wildman–Crippen MR) is 73.1 cm³/mol. The molecule has 0 saturated carbocycles. The Hall–Kier alpha value is -1.31. The number of carbonyl (C=O) groups is 1. The van der Waals surface area contributed by atoms with Crippen molar-refractivity contribution in [1.29, 1.82) is 0 Å². The number of rotatable bonds is 2. The highest BCUT2D eigenvalue weighted by atomic mass is 16.4. The number of hydrogen-bond acceptors (Lipinski definition) is 1. The normalized spacial score (nSPS) is 22.9. The Morgan fingerprint density at radius 2 is 2.06 bits per heavy atom. The van der Waals surface area contributed by atoms with E-state index in [9.17, 15) is 4.79 Å². The van der Waals surface area contributed by atoms with Crippen LogP contribution in [0.1, 0.15) is 57.2 Å². The molecule has 18 heavy (non-hydrogen) atoms. The topological polar surface area (TPSA) is 37.3 Å². The summed E-state index contributed by atoms with van der Waals surface area (Å²) in [6.07, 6.45) is 2.18. The van der Waals surface area contributed by atoms with Crippen LogP contribution in [0.15, 0.2) is 18.2 Å². The standard InChI is InChI=1S/C16H22O2/c1-15(2,3)12-6-5-11-7-8-16(4,10-14(17)18)13(11)9-12/h5-6,9H,7-8,10H2,1-4H3,(H,17,18). The van der Waals surface area contributed by atoms with Crippen molar-refractivity contribution >= 4 is 5.97 Å². The van der Waals surface area contributed by atoms with Gasteiger partial charge in [0.15, 0.2) is 0 Å². The zero-order chi connectivity index (χ0) is 13.6. The molecular weight excluding hydrogens is 224 g/mol. The number of hydrogen-bond donors (Lipinski definition) is 1. The van der Waals surface area contributed by atoms with Crippen LogP contribution in [0.25, 0.3) is 0 Å². The molecule has 0 heterocycles. The summed E-state index contributed by atoms with van der Waals surface area (Å²) in [5.74, 6) is -0.702. The summed E-state index contributed by atoms with van der Waals surface area (Å²) >= 11 is 0. The lowest BCUT2D eigenvalue weighted by atomic mass is 9.78. The minimum absolute atomic E-state index is 0.113. The number of carboxylic acid groups (broad SMARTS) is 1. The van der Waals surface area contributed by atoms with Gasteiger partial charge in [-0.25, -0.2) is 0 Å². The van der Waals surface area contributed by atoms with Crippen LogP contribution in [-0.2, 0) is 22.0 Å². The van der Waals surface area contributed by atoms with E-state index >= 15 is 0 Å².